The smallest absolute Gasteiger partial charge is 0.294 e. The average molecular weight is 495 g/mol. The zero-order valence-electron chi connectivity index (χ0n) is 15.6. The number of phenols is 1. The summed E-state index contributed by atoms with van der Waals surface area (Å²) in [7, 11) is 0. The molecule has 3 amide bonds. The van der Waals surface area contributed by atoms with Crippen LogP contribution in [-0.2, 0) is 9.59 Å². The lowest BCUT2D eigenvalue weighted by atomic mass is 10.2. The maximum Gasteiger partial charge on any atom is 0.294 e. The van der Waals surface area contributed by atoms with Crippen molar-refractivity contribution >= 4 is 56.5 Å². The van der Waals surface area contributed by atoms with Gasteiger partial charge in [0.2, 0.25) is 5.91 Å². The van der Waals surface area contributed by atoms with Crippen molar-refractivity contribution in [2.45, 2.75) is 6.92 Å². The fraction of sp³-hybridized carbons (Fsp3) is 0.150. The number of nitrogens with one attached hydrogen (secondary N) is 1. The fourth-order valence-corrected chi connectivity index (χ4v) is 3.94. The minimum Gasteiger partial charge on any atom is -0.503 e. The highest BCUT2D eigenvalue weighted by molar-refractivity contribution is 9.10. The van der Waals surface area contributed by atoms with Gasteiger partial charge in [0.1, 0.15) is 12.4 Å². The van der Waals surface area contributed by atoms with E-state index in [0.29, 0.717) is 28.4 Å². The van der Waals surface area contributed by atoms with Gasteiger partial charge in [0.15, 0.2) is 11.5 Å². The molecule has 0 spiro atoms. The third kappa shape index (κ3) is 5.00. The van der Waals surface area contributed by atoms with E-state index in [1.54, 1.807) is 13.0 Å². The molecule has 1 saturated heterocycles. The number of ether oxygens (including phenoxy) is 1. The molecule has 156 valence electrons. The van der Waals surface area contributed by atoms with Gasteiger partial charge in [0.25, 0.3) is 11.1 Å². The number of carbonyl (C=O) groups excluding carboxylic acids is 3. The Morgan fingerprint density at radius 1 is 1.33 bits per heavy atom. The van der Waals surface area contributed by atoms with Gasteiger partial charge in [-0.1, -0.05) is 6.07 Å². The highest BCUT2D eigenvalue weighted by Gasteiger charge is 2.36. The molecule has 1 heterocycles. The minimum absolute atomic E-state index is 0.0730. The number of hydrogen-bond donors (Lipinski definition) is 2. The molecular formula is C20H16BrFN2O5S. The molecule has 1 aliphatic heterocycles. The number of halogens is 2. The van der Waals surface area contributed by atoms with Crippen molar-refractivity contribution in [3.8, 4) is 11.5 Å². The van der Waals surface area contributed by atoms with Gasteiger partial charge in [-0.3, -0.25) is 19.3 Å². The molecule has 2 aromatic rings. The van der Waals surface area contributed by atoms with Crippen molar-refractivity contribution in [1.82, 2.24) is 4.90 Å². The molecule has 0 atom stereocenters. The van der Waals surface area contributed by atoms with E-state index in [0.717, 1.165) is 11.0 Å². The Hall–Kier alpha value is -2.85. The van der Waals surface area contributed by atoms with Crippen LogP contribution in [0.15, 0.2) is 45.8 Å². The summed E-state index contributed by atoms with van der Waals surface area (Å²) in [6.45, 7) is 1.60. The third-order valence-electron chi connectivity index (χ3n) is 3.93. The zero-order chi connectivity index (χ0) is 21.8. The van der Waals surface area contributed by atoms with Gasteiger partial charge in [-0.25, -0.2) is 4.39 Å². The van der Waals surface area contributed by atoms with E-state index in [4.69, 9.17) is 4.74 Å². The van der Waals surface area contributed by atoms with Crippen molar-refractivity contribution in [2.75, 3.05) is 18.5 Å². The first-order chi connectivity index (χ1) is 14.3. The summed E-state index contributed by atoms with van der Waals surface area (Å²) in [5, 5.41) is 11.8. The van der Waals surface area contributed by atoms with E-state index in [1.807, 2.05) is 0 Å². The monoisotopic (exact) mass is 494 g/mol. The number of phenolic OH excluding ortho intramolecular Hbond substituents is 1. The minimum atomic E-state index is -0.629. The number of nitrogens with zero attached hydrogens (tertiary/aromatic N) is 1. The lowest BCUT2D eigenvalue weighted by molar-refractivity contribution is -0.127. The summed E-state index contributed by atoms with van der Waals surface area (Å²) >= 11 is 3.91. The van der Waals surface area contributed by atoms with E-state index in [2.05, 4.69) is 21.2 Å². The molecule has 2 N–H and O–H groups in total. The second kappa shape index (κ2) is 9.31. The molecular weight excluding hydrogens is 479 g/mol. The van der Waals surface area contributed by atoms with Crippen LogP contribution in [0.1, 0.15) is 12.5 Å². The lowest BCUT2D eigenvalue weighted by Crippen LogP contribution is -2.36. The van der Waals surface area contributed by atoms with Crippen LogP contribution in [0.3, 0.4) is 0 Å². The average Bonchev–Trinajstić information content (AvgIpc) is 2.93. The van der Waals surface area contributed by atoms with Crippen molar-refractivity contribution in [1.29, 1.82) is 0 Å². The molecule has 0 radical (unpaired) electrons. The Bertz CT molecular complexity index is 1060. The molecule has 2 aromatic carbocycles. The van der Waals surface area contributed by atoms with Gasteiger partial charge in [-0.15, -0.1) is 0 Å². The van der Waals surface area contributed by atoms with Crippen LogP contribution in [0.2, 0.25) is 0 Å². The molecule has 10 heteroatoms. The molecule has 1 aliphatic rings. The van der Waals surface area contributed by atoms with Crippen LogP contribution in [0.5, 0.6) is 11.5 Å². The summed E-state index contributed by atoms with van der Waals surface area (Å²) < 4.78 is 18.9. The number of aromatic hydroxyl groups is 1. The van der Waals surface area contributed by atoms with E-state index in [9.17, 15) is 23.9 Å². The van der Waals surface area contributed by atoms with Gasteiger partial charge in [0, 0.05) is 5.69 Å². The first kappa shape index (κ1) is 21.8. The first-order valence-electron chi connectivity index (χ1n) is 8.74. The summed E-state index contributed by atoms with van der Waals surface area (Å²) in [6, 6.07) is 8.39. The molecule has 0 saturated carbocycles. The van der Waals surface area contributed by atoms with Crippen LogP contribution in [0, 0.1) is 5.82 Å². The molecule has 0 aromatic heterocycles. The summed E-state index contributed by atoms with van der Waals surface area (Å²) in [5.74, 6) is -1.62. The fourth-order valence-electron chi connectivity index (χ4n) is 2.64. The Morgan fingerprint density at radius 2 is 2.10 bits per heavy atom. The Morgan fingerprint density at radius 3 is 2.80 bits per heavy atom. The summed E-state index contributed by atoms with van der Waals surface area (Å²) in [4.78, 5) is 37.9. The number of anilines is 1. The number of hydrogen-bond acceptors (Lipinski definition) is 6. The SMILES string of the molecule is CCOc1cc(/C=C2/SC(=O)N(CC(=O)Nc3cccc(F)c3)C2=O)cc(Br)c1O. The molecule has 1 fully saturated rings. The second-order valence-corrected chi connectivity index (χ2v) is 7.96. The number of carbonyl (C=O) groups is 3. The van der Waals surface area contributed by atoms with E-state index < -0.39 is 29.4 Å². The number of amides is 3. The zero-order valence-corrected chi connectivity index (χ0v) is 18.0. The Kier molecular flexibility index (Phi) is 6.78. The normalized spacial score (nSPS) is 15.0. The van der Waals surface area contributed by atoms with Crippen LogP contribution >= 0.6 is 27.7 Å². The van der Waals surface area contributed by atoms with Crippen LogP contribution in [-0.4, -0.2) is 40.2 Å². The third-order valence-corrected chi connectivity index (χ3v) is 5.44. The maximum absolute atomic E-state index is 13.2. The maximum atomic E-state index is 13.2. The second-order valence-electron chi connectivity index (χ2n) is 6.11. The predicted molar refractivity (Wildman–Crippen MR) is 115 cm³/mol. The summed E-state index contributed by atoms with van der Waals surface area (Å²) in [5.41, 5.74) is 0.748. The van der Waals surface area contributed by atoms with Gasteiger partial charge >= 0.3 is 0 Å². The van der Waals surface area contributed by atoms with E-state index in [-0.39, 0.29) is 22.1 Å². The van der Waals surface area contributed by atoms with Gasteiger partial charge in [0.05, 0.1) is 16.0 Å². The molecule has 7 nitrogen and oxygen atoms in total. The molecule has 0 unspecified atom stereocenters. The van der Waals surface area contributed by atoms with Crippen LogP contribution < -0.4 is 10.1 Å². The highest BCUT2D eigenvalue weighted by Crippen LogP contribution is 2.38. The van der Waals surface area contributed by atoms with Crippen molar-refractivity contribution in [3.05, 3.63) is 57.2 Å². The van der Waals surface area contributed by atoms with Crippen molar-refractivity contribution < 1.29 is 28.6 Å². The number of imide groups is 1. The number of benzene rings is 2. The van der Waals surface area contributed by atoms with Gasteiger partial charge in [-0.05, 0) is 76.6 Å². The van der Waals surface area contributed by atoms with Gasteiger partial charge < -0.3 is 15.2 Å². The molecule has 3 rings (SSSR count). The number of rotatable bonds is 6. The van der Waals surface area contributed by atoms with Gasteiger partial charge in [-0.2, -0.15) is 0 Å². The summed E-state index contributed by atoms with van der Waals surface area (Å²) in [6.07, 6.45) is 1.47. The van der Waals surface area contributed by atoms with Crippen LogP contribution in [0.4, 0.5) is 14.9 Å². The standard InChI is InChI=1S/C20H16BrFN2O5S/c1-2-29-15-7-11(6-14(21)18(15)26)8-16-19(27)24(20(28)30-16)10-17(25)23-13-5-3-4-12(22)9-13/h3-9,26H,2,10H2,1H3,(H,23,25)/b16-8+. The Balaban J connectivity index is 1.75. The van der Waals surface area contributed by atoms with E-state index >= 15 is 0 Å². The largest absolute Gasteiger partial charge is 0.503 e. The molecule has 0 aliphatic carbocycles. The molecule has 0 bridgehead atoms. The lowest BCUT2D eigenvalue weighted by Gasteiger charge is -2.12. The Labute approximate surface area is 184 Å². The first-order valence-corrected chi connectivity index (χ1v) is 10.4. The van der Waals surface area contributed by atoms with E-state index in [1.165, 1.54) is 30.3 Å². The molecule has 30 heavy (non-hydrogen) atoms. The predicted octanol–water partition coefficient (Wildman–Crippen LogP) is 4.37. The van der Waals surface area contributed by atoms with Crippen molar-refractivity contribution in [2.24, 2.45) is 0 Å². The highest BCUT2D eigenvalue weighted by atomic mass is 79.9. The topological polar surface area (TPSA) is 95.9 Å². The van der Waals surface area contributed by atoms with Crippen molar-refractivity contribution in [3.63, 3.8) is 0 Å². The quantitative estimate of drug-likeness (QED) is 0.578. The van der Waals surface area contributed by atoms with Crippen LogP contribution in [0.25, 0.3) is 6.08 Å². The number of thioether (sulfide) groups is 1.